The first-order chi connectivity index (χ1) is 8.08. The second-order valence-corrected chi connectivity index (χ2v) is 4.98. The highest BCUT2D eigenvalue weighted by atomic mass is 35.5. The molecule has 0 aliphatic rings. The molecule has 0 unspecified atom stereocenters. The number of carbonyl (C=O) groups is 2. The predicted octanol–water partition coefficient (Wildman–Crippen LogP) is 1.16. The zero-order chi connectivity index (χ0) is 12.7. The number of carboxylic acid groups (broad SMARTS) is 1. The summed E-state index contributed by atoms with van der Waals surface area (Å²) in [6.07, 6.45) is 0.274. The summed E-state index contributed by atoms with van der Waals surface area (Å²) in [6.45, 7) is 0.130. The third kappa shape index (κ3) is 6.25. The molecule has 1 heterocycles. The van der Waals surface area contributed by atoms with E-state index in [0.717, 1.165) is 4.88 Å². The first-order valence-corrected chi connectivity index (χ1v) is 6.08. The van der Waals surface area contributed by atoms with E-state index in [2.05, 4.69) is 5.32 Å². The van der Waals surface area contributed by atoms with Gasteiger partial charge in [-0.05, 0) is 12.1 Å². The largest absolute Gasteiger partial charge is 0.480 e. The van der Waals surface area contributed by atoms with Crippen molar-refractivity contribution in [3.05, 3.63) is 21.3 Å². The van der Waals surface area contributed by atoms with Crippen LogP contribution in [0.15, 0.2) is 12.1 Å². The molecule has 1 amide bonds. The van der Waals surface area contributed by atoms with Gasteiger partial charge in [0.05, 0.1) is 17.4 Å². The van der Waals surface area contributed by atoms with Gasteiger partial charge in [-0.2, -0.15) is 0 Å². The Morgan fingerprint density at radius 2 is 2.24 bits per heavy atom. The number of amides is 1. The van der Waals surface area contributed by atoms with Crippen LogP contribution in [0.5, 0.6) is 0 Å². The smallest absolute Gasteiger partial charge is 0.329 e. The van der Waals surface area contributed by atoms with Crippen LogP contribution in [0.2, 0.25) is 4.34 Å². The molecular formula is C10H12ClNO4S. The van der Waals surface area contributed by atoms with Gasteiger partial charge in [0.15, 0.2) is 0 Å². The van der Waals surface area contributed by atoms with Crippen LogP contribution in [0.3, 0.4) is 0 Å². The number of hydrogen-bond acceptors (Lipinski definition) is 4. The highest BCUT2D eigenvalue weighted by molar-refractivity contribution is 7.16. The molecule has 0 aliphatic heterocycles. The molecule has 0 aromatic carbocycles. The quantitative estimate of drug-likeness (QED) is 0.734. The minimum Gasteiger partial charge on any atom is -0.480 e. The Balaban J connectivity index is 2.11. The Kier molecular flexibility index (Phi) is 5.96. The molecule has 7 heteroatoms. The standard InChI is InChI=1S/C10H12ClNO4S/c11-8-2-1-7(17-8)5-9(13)12-3-4-16-6-10(14)15/h1-2H,3-6H2,(H,12,13)(H,14,15). The molecule has 0 radical (unpaired) electrons. The van der Waals surface area contributed by atoms with Crippen molar-refractivity contribution >= 4 is 34.8 Å². The molecule has 17 heavy (non-hydrogen) atoms. The fraction of sp³-hybridized carbons (Fsp3) is 0.400. The predicted molar refractivity (Wildman–Crippen MR) is 64.5 cm³/mol. The Hall–Kier alpha value is -1.11. The summed E-state index contributed by atoms with van der Waals surface area (Å²) in [7, 11) is 0. The molecule has 2 N–H and O–H groups in total. The number of hydrogen-bond donors (Lipinski definition) is 2. The lowest BCUT2D eigenvalue weighted by Crippen LogP contribution is -2.29. The van der Waals surface area contributed by atoms with Gasteiger partial charge in [0.2, 0.25) is 5.91 Å². The molecule has 1 aromatic heterocycles. The van der Waals surface area contributed by atoms with Crippen LogP contribution in [0.4, 0.5) is 0 Å². The Morgan fingerprint density at radius 3 is 2.82 bits per heavy atom. The van der Waals surface area contributed by atoms with E-state index in [9.17, 15) is 9.59 Å². The summed E-state index contributed by atoms with van der Waals surface area (Å²) >= 11 is 7.09. The molecule has 0 aliphatic carbocycles. The van der Waals surface area contributed by atoms with Gasteiger partial charge in [0.1, 0.15) is 6.61 Å². The second kappa shape index (κ2) is 7.26. The number of aliphatic carboxylic acids is 1. The Morgan fingerprint density at radius 1 is 1.47 bits per heavy atom. The maximum absolute atomic E-state index is 11.4. The van der Waals surface area contributed by atoms with E-state index >= 15 is 0 Å². The minimum atomic E-state index is -1.02. The number of halogens is 1. The van der Waals surface area contributed by atoms with E-state index in [-0.39, 0.29) is 25.5 Å². The van der Waals surface area contributed by atoms with Gasteiger partial charge >= 0.3 is 5.97 Å². The van der Waals surface area contributed by atoms with Gasteiger partial charge in [-0.3, -0.25) is 4.79 Å². The summed E-state index contributed by atoms with van der Waals surface area (Å²) in [5.74, 6) is -1.16. The van der Waals surface area contributed by atoms with Crippen LogP contribution in [0, 0.1) is 0 Å². The van der Waals surface area contributed by atoms with Crippen molar-refractivity contribution < 1.29 is 19.4 Å². The summed E-state index contributed by atoms with van der Waals surface area (Å²) in [5, 5.41) is 10.9. The van der Waals surface area contributed by atoms with Crippen LogP contribution in [0.1, 0.15) is 4.88 Å². The minimum absolute atomic E-state index is 0.137. The number of carboxylic acids is 1. The third-order valence-electron chi connectivity index (χ3n) is 1.76. The van der Waals surface area contributed by atoms with Crippen molar-refractivity contribution in [1.29, 1.82) is 0 Å². The molecule has 94 valence electrons. The van der Waals surface area contributed by atoms with E-state index in [0.29, 0.717) is 10.9 Å². The van der Waals surface area contributed by atoms with Crippen molar-refractivity contribution in [2.75, 3.05) is 19.8 Å². The van der Waals surface area contributed by atoms with Crippen molar-refractivity contribution in [1.82, 2.24) is 5.32 Å². The Labute approximate surface area is 107 Å². The molecule has 0 bridgehead atoms. The van der Waals surface area contributed by atoms with E-state index in [1.807, 2.05) is 0 Å². The highest BCUT2D eigenvalue weighted by Gasteiger charge is 2.05. The molecule has 0 saturated heterocycles. The maximum Gasteiger partial charge on any atom is 0.329 e. The number of nitrogens with one attached hydrogen (secondary N) is 1. The maximum atomic E-state index is 11.4. The van der Waals surface area contributed by atoms with E-state index in [4.69, 9.17) is 21.4 Å². The van der Waals surface area contributed by atoms with Gasteiger partial charge in [0, 0.05) is 11.4 Å². The third-order valence-corrected chi connectivity index (χ3v) is 2.99. The molecule has 1 rings (SSSR count). The average molecular weight is 278 g/mol. The summed E-state index contributed by atoms with van der Waals surface area (Å²) in [6, 6.07) is 3.54. The number of carbonyl (C=O) groups excluding carboxylic acids is 1. The topological polar surface area (TPSA) is 75.6 Å². The van der Waals surface area contributed by atoms with Crippen LogP contribution in [-0.2, 0) is 20.7 Å². The van der Waals surface area contributed by atoms with Crippen molar-refractivity contribution in [2.24, 2.45) is 0 Å². The lowest BCUT2D eigenvalue weighted by Gasteiger charge is -2.04. The first kappa shape index (κ1) is 14.0. The number of thiophene rings is 1. The van der Waals surface area contributed by atoms with E-state index in [1.165, 1.54) is 11.3 Å². The number of rotatable bonds is 7. The lowest BCUT2D eigenvalue weighted by atomic mass is 10.3. The summed E-state index contributed by atoms with van der Waals surface area (Å²) in [5.41, 5.74) is 0. The van der Waals surface area contributed by atoms with Crippen molar-refractivity contribution in [3.63, 3.8) is 0 Å². The highest BCUT2D eigenvalue weighted by Crippen LogP contribution is 2.21. The van der Waals surface area contributed by atoms with Crippen LogP contribution < -0.4 is 5.32 Å². The van der Waals surface area contributed by atoms with Crippen LogP contribution >= 0.6 is 22.9 Å². The zero-order valence-electron chi connectivity index (χ0n) is 8.94. The molecular weight excluding hydrogens is 266 g/mol. The van der Waals surface area contributed by atoms with Crippen LogP contribution in [0.25, 0.3) is 0 Å². The number of ether oxygens (including phenoxy) is 1. The molecule has 0 atom stereocenters. The van der Waals surface area contributed by atoms with Gasteiger partial charge in [-0.1, -0.05) is 11.6 Å². The van der Waals surface area contributed by atoms with Gasteiger partial charge in [0.25, 0.3) is 0 Å². The van der Waals surface area contributed by atoms with Crippen molar-refractivity contribution in [2.45, 2.75) is 6.42 Å². The molecule has 1 aromatic rings. The molecule has 0 spiro atoms. The molecule has 5 nitrogen and oxygen atoms in total. The zero-order valence-corrected chi connectivity index (χ0v) is 10.5. The monoisotopic (exact) mass is 277 g/mol. The summed E-state index contributed by atoms with van der Waals surface area (Å²) < 4.78 is 5.42. The van der Waals surface area contributed by atoms with Gasteiger partial charge < -0.3 is 15.2 Å². The Bertz CT molecular complexity index is 393. The molecule has 0 fully saturated rings. The fourth-order valence-electron chi connectivity index (χ4n) is 1.09. The van der Waals surface area contributed by atoms with Crippen molar-refractivity contribution in [3.8, 4) is 0 Å². The van der Waals surface area contributed by atoms with E-state index in [1.54, 1.807) is 12.1 Å². The van der Waals surface area contributed by atoms with Crippen LogP contribution in [-0.4, -0.2) is 36.7 Å². The van der Waals surface area contributed by atoms with Gasteiger partial charge in [-0.15, -0.1) is 11.3 Å². The fourth-order valence-corrected chi connectivity index (χ4v) is 2.18. The SMILES string of the molecule is O=C(O)COCCNC(=O)Cc1ccc(Cl)s1. The summed E-state index contributed by atoms with van der Waals surface area (Å²) in [4.78, 5) is 22.4. The normalized spacial score (nSPS) is 10.2. The molecule has 0 saturated carbocycles. The first-order valence-electron chi connectivity index (χ1n) is 4.88. The van der Waals surface area contributed by atoms with Gasteiger partial charge in [-0.25, -0.2) is 4.79 Å². The second-order valence-electron chi connectivity index (χ2n) is 3.18. The van der Waals surface area contributed by atoms with E-state index < -0.39 is 5.97 Å². The average Bonchev–Trinajstić information content (AvgIpc) is 2.63. The lowest BCUT2D eigenvalue weighted by molar-refractivity contribution is -0.142.